The summed E-state index contributed by atoms with van der Waals surface area (Å²) in [7, 11) is 0. The lowest BCUT2D eigenvalue weighted by Gasteiger charge is -2.48. The highest BCUT2D eigenvalue weighted by atomic mass is 19.1. The number of amides is 1. The Bertz CT molecular complexity index is 1150. The first-order valence-corrected chi connectivity index (χ1v) is 14.3. The lowest BCUT2D eigenvalue weighted by molar-refractivity contribution is -0.165. The van der Waals surface area contributed by atoms with Crippen molar-refractivity contribution in [1.82, 2.24) is 4.90 Å². The van der Waals surface area contributed by atoms with Gasteiger partial charge in [-0.2, -0.15) is 0 Å². The number of aryl methyl sites for hydroxylation is 1. The normalized spacial score (nSPS) is 25.8. The Kier molecular flexibility index (Phi) is 7.52. The Morgan fingerprint density at radius 1 is 0.974 bits per heavy atom. The highest BCUT2D eigenvalue weighted by molar-refractivity contribution is 5.97. The molecule has 4 atom stereocenters. The summed E-state index contributed by atoms with van der Waals surface area (Å²) in [6.45, 7) is 7.39. The molecule has 0 bridgehead atoms. The van der Waals surface area contributed by atoms with E-state index in [-0.39, 0.29) is 29.4 Å². The average molecular weight is 521 g/mol. The number of carbonyl (C=O) groups excluding carboxylic acids is 2. The van der Waals surface area contributed by atoms with Crippen LogP contribution in [0, 0.1) is 24.6 Å². The molecule has 6 heteroatoms. The van der Waals surface area contributed by atoms with Crippen molar-refractivity contribution in [3.8, 4) is 0 Å². The zero-order valence-corrected chi connectivity index (χ0v) is 23.1. The van der Waals surface area contributed by atoms with Crippen molar-refractivity contribution in [2.75, 3.05) is 5.32 Å². The van der Waals surface area contributed by atoms with Crippen LogP contribution >= 0.6 is 0 Å². The first-order chi connectivity index (χ1) is 18.1. The van der Waals surface area contributed by atoms with Gasteiger partial charge in [0.25, 0.3) is 5.91 Å². The van der Waals surface area contributed by atoms with E-state index < -0.39 is 23.4 Å². The summed E-state index contributed by atoms with van der Waals surface area (Å²) < 4.78 is 21.0. The molecule has 2 aromatic rings. The molecule has 2 aliphatic carbocycles. The number of fused-ring (bicyclic) bond motifs is 1. The van der Waals surface area contributed by atoms with E-state index in [0.717, 1.165) is 30.5 Å². The van der Waals surface area contributed by atoms with Gasteiger partial charge in [-0.05, 0) is 95.0 Å². The smallest absolute Gasteiger partial charge is 0.311 e. The fourth-order valence-corrected chi connectivity index (χ4v) is 6.90. The zero-order valence-electron chi connectivity index (χ0n) is 23.1. The maximum Gasteiger partial charge on any atom is 0.311 e. The van der Waals surface area contributed by atoms with Gasteiger partial charge in [0.15, 0.2) is 0 Å². The Morgan fingerprint density at radius 2 is 1.68 bits per heavy atom. The summed E-state index contributed by atoms with van der Waals surface area (Å²) >= 11 is 0. The quantitative estimate of drug-likeness (QED) is 0.424. The fraction of sp³-hybridized carbons (Fsp3) is 0.562. The van der Waals surface area contributed by atoms with Gasteiger partial charge in [-0.15, -0.1) is 0 Å². The van der Waals surface area contributed by atoms with Crippen LogP contribution in [-0.4, -0.2) is 34.5 Å². The van der Waals surface area contributed by atoms with Crippen LogP contribution in [0.25, 0.3) is 0 Å². The molecule has 38 heavy (non-hydrogen) atoms. The third-order valence-electron chi connectivity index (χ3n) is 8.57. The second kappa shape index (κ2) is 10.7. The van der Waals surface area contributed by atoms with Gasteiger partial charge in [0.2, 0.25) is 0 Å². The number of rotatable bonds is 5. The second-order valence-electron chi connectivity index (χ2n) is 12.5. The third kappa shape index (κ3) is 5.45. The van der Waals surface area contributed by atoms with Crippen LogP contribution in [0.15, 0.2) is 42.5 Å². The fourth-order valence-electron chi connectivity index (χ4n) is 6.90. The van der Waals surface area contributed by atoms with E-state index in [9.17, 15) is 9.59 Å². The molecule has 2 aromatic carbocycles. The molecule has 5 rings (SSSR count). The van der Waals surface area contributed by atoms with Crippen molar-refractivity contribution in [3.05, 3.63) is 65.0 Å². The van der Waals surface area contributed by atoms with E-state index in [1.807, 2.05) is 37.8 Å². The van der Waals surface area contributed by atoms with Crippen molar-refractivity contribution < 1.29 is 18.7 Å². The number of halogens is 1. The minimum Gasteiger partial charge on any atom is -0.460 e. The Labute approximate surface area is 226 Å². The van der Waals surface area contributed by atoms with Gasteiger partial charge in [0.05, 0.1) is 17.5 Å². The molecule has 2 saturated carbocycles. The molecule has 5 nitrogen and oxygen atoms in total. The number of hydrogen-bond acceptors (Lipinski definition) is 4. The summed E-state index contributed by atoms with van der Waals surface area (Å²) in [4.78, 5) is 29.8. The van der Waals surface area contributed by atoms with Crippen molar-refractivity contribution in [1.29, 1.82) is 0 Å². The molecule has 1 amide bonds. The predicted octanol–water partition coefficient (Wildman–Crippen LogP) is 7.20. The van der Waals surface area contributed by atoms with Gasteiger partial charge in [0, 0.05) is 17.8 Å². The number of carbonyl (C=O) groups is 2. The first-order valence-electron chi connectivity index (χ1n) is 14.3. The van der Waals surface area contributed by atoms with Crippen LogP contribution in [-0.2, 0) is 9.53 Å². The van der Waals surface area contributed by atoms with E-state index in [2.05, 4.69) is 17.4 Å². The van der Waals surface area contributed by atoms with E-state index in [0.29, 0.717) is 18.0 Å². The molecule has 0 aromatic heterocycles. The van der Waals surface area contributed by atoms with Gasteiger partial charge in [-0.25, -0.2) is 4.39 Å². The third-order valence-corrected chi connectivity index (χ3v) is 8.57. The van der Waals surface area contributed by atoms with Gasteiger partial charge in [-0.1, -0.05) is 43.5 Å². The molecular weight excluding hydrogens is 479 g/mol. The highest BCUT2D eigenvalue weighted by Crippen LogP contribution is 2.49. The number of ether oxygens (including phenoxy) is 1. The van der Waals surface area contributed by atoms with Crippen molar-refractivity contribution >= 4 is 17.6 Å². The number of hydrogen-bond donors (Lipinski definition) is 1. The number of nitrogens with zero attached hydrogens (tertiary/aromatic N) is 1. The summed E-state index contributed by atoms with van der Waals surface area (Å²) in [6, 6.07) is 12.9. The lowest BCUT2D eigenvalue weighted by atomic mass is 9.76. The van der Waals surface area contributed by atoms with Gasteiger partial charge in [0.1, 0.15) is 11.4 Å². The van der Waals surface area contributed by atoms with Crippen LogP contribution in [0.2, 0.25) is 0 Å². The standard InChI is InChI=1S/C32H41FN2O3/c1-20-9-7-13-26(33)28(20)30(36)35-27-14-8-10-22(27)19-25(31(37)38-32(2,3)4)29(35)21-15-17-24(18-16-21)34-23-11-5-6-12-23/h7,9,13,15-18,22-23,25,27,29,34H,5-6,8,10-12,14,19H2,1-4H3. The summed E-state index contributed by atoms with van der Waals surface area (Å²) in [5, 5.41) is 3.63. The molecular formula is C32H41FN2O3. The Hall–Kier alpha value is -2.89. The number of piperidine rings is 1. The molecule has 4 unspecified atom stereocenters. The first kappa shape index (κ1) is 26.7. The molecule has 1 N–H and O–H groups in total. The summed E-state index contributed by atoms with van der Waals surface area (Å²) in [5.41, 5.74) is 2.02. The van der Waals surface area contributed by atoms with Crippen molar-refractivity contribution in [2.24, 2.45) is 11.8 Å². The van der Waals surface area contributed by atoms with E-state index in [1.165, 1.54) is 31.7 Å². The SMILES string of the molecule is Cc1cccc(F)c1C(=O)N1C2CCCC2CC(C(=O)OC(C)(C)C)C1c1ccc(NC2CCCC2)cc1. The van der Waals surface area contributed by atoms with Gasteiger partial charge < -0.3 is 15.0 Å². The summed E-state index contributed by atoms with van der Waals surface area (Å²) in [5.74, 6) is -1.45. The molecule has 1 heterocycles. The van der Waals surface area contributed by atoms with Crippen LogP contribution in [0.1, 0.15) is 99.7 Å². The number of anilines is 1. The maximum absolute atomic E-state index is 15.1. The highest BCUT2D eigenvalue weighted by Gasteiger charge is 2.51. The van der Waals surface area contributed by atoms with Gasteiger partial charge in [-0.3, -0.25) is 9.59 Å². The summed E-state index contributed by atoms with van der Waals surface area (Å²) in [6.07, 6.45) is 8.36. The van der Waals surface area contributed by atoms with Gasteiger partial charge >= 0.3 is 5.97 Å². The lowest BCUT2D eigenvalue weighted by Crippen LogP contribution is -2.54. The topological polar surface area (TPSA) is 58.6 Å². The molecule has 1 saturated heterocycles. The van der Waals surface area contributed by atoms with Crippen LogP contribution in [0.5, 0.6) is 0 Å². The predicted molar refractivity (Wildman–Crippen MR) is 147 cm³/mol. The monoisotopic (exact) mass is 520 g/mol. The minimum absolute atomic E-state index is 0.0264. The van der Waals surface area contributed by atoms with Crippen LogP contribution < -0.4 is 5.32 Å². The average Bonchev–Trinajstić information content (AvgIpc) is 3.54. The molecule has 0 spiro atoms. The zero-order chi connectivity index (χ0) is 27.0. The van der Waals surface area contributed by atoms with Crippen molar-refractivity contribution in [2.45, 2.75) is 103 Å². The van der Waals surface area contributed by atoms with Crippen LogP contribution in [0.4, 0.5) is 10.1 Å². The Balaban J connectivity index is 1.56. The van der Waals surface area contributed by atoms with E-state index >= 15 is 4.39 Å². The molecule has 204 valence electrons. The maximum atomic E-state index is 15.1. The molecule has 3 fully saturated rings. The Morgan fingerprint density at radius 3 is 2.34 bits per heavy atom. The largest absolute Gasteiger partial charge is 0.460 e. The van der Waals surface area contributed by atoms with E-state index in [1.54, 1.807) is 19.1 Å². The van der Waals surface area contributed by atoms with E-state index in [4.69, 9.17) is 4.74 Å². The second-order valence-corrected chi connectivity index (χ2v) is 12.5. The molecule has 0 radical (unpaired) electrons. The molecule has 1 aliphatic heterocycles. The number of nitrogens with one attached hydrogen (secondary N) is 1. The minimum atomic E-state index is -0.639. The number of benzene rings is 2. The van der Waals surface area contributed by atoms with Crippen molar-refractivity contribution in [3.63, 3.8) is 0 Å². The number of esters is 1. The van der Waals surface area contributed by atoms with Crippen LogP contribution in [0.3, 0.4) is 0 Å². The number of likely N-dealkylation sites (tertiary alicyclic amines) is 1. The molecule has 3 aliphatic rings.